The molecule has 5 nitrogen and oxygen atoms in total. The minimum absolute atomic E-state index is 0.228. The average molecular weight is 460 g/mol. The van der Waals surface area contributed by atoms with Gasteiger partial charge < -0.3 is 14.7 Å². The van der Waals surface area contributed by atoms with E-state index in [9.17, 15) is 9.90 Å². The molecule has 1 amide bonds. The summed E-state index contributed by atoms with van der Waals surface area (Å²) in [5.41, 5.74) is 1.76. The maximum Gasteiger partial charge on any atom is 0.410 e. The van der Waals surface area contributed by atoms with Crippen molar-refractivity contribution in [3.05, 3.63) is 20.7 Å². The Morgan fingerprint density at radius 1 is 1.42 bits per heavy atom. The van der Waals surface area contributed by atoms with Crippen molar-refractivity contribution >= 4 is 50.2 Å². The van der Waals surface area contributed by atoms with Gasteiger partial charge in [-0.2, -0.15) is 0 Å². The molecule has 7 heteroatoms. The third-order valence-corrected chi connectivity index (χ3v) is 6.58. The monoisotopic (exact) mass is 460 g/mol. The highest BCUT2D eigenvalue weighted by atomic mass is 127. The standard InChI is InChI=1S/C17H21IN2O3S/c1-17(2,3)23-16(22)20-6-4-10(5-7-20)11-9-24-15-13(18)12(21)8-19-14(11)15/h8-10,21H,4-7H2,1-3H3. The van der Waals surface area contributed by atoms with Crippen molar-refractivity contribution in [2.45, 2.75) is 45.1 Å². The maximum absolute atomic E-state index is 12.2. The second kappa shape index (κ2) is 6.67. The topological polar surface area (TPSA) is 62.7 Å². The first-order valence-electron chi connectivity index (χ1n) is 7.99. The van der Waals surface area contributed by atoms with E-state index in [0.29, 0.717) is 19.0 Å². The molecule has 1 N–H and O–H groups in total. The summed E-state index contributed by atoms with van der Waals surface area (Å²) < 4.78 is 7.35. The smallest absolute Gasteiger partial charge is 0.410 e. The Morgan fingerprint density at radius 3 is 2.71 bits per heavy atom. The van der Waals surface area contributed by atoms with Gasteiger partial charge in [-0.25, -0.2) is 4.79 Å². The molecular weight excluding hydrogens is 439 g/mol. The number of carbonyl (C=O) groups is 1. The van der Waals surface area contributed by atoms with Crippen molar-refractivity contribution in [2.75, 3.05) is 13.1 Å². The molecule has 0 unspecified atom stereocenters. The molecule has 0 atom stereocenters. The number of halogens is 1. The lowest BCUT2D eigenvalue weighted by atomic mass is 9.90. The number of thiophene rings is 1. The van der Waals surface area contributed by atoms with E-state index in [2.05, 4.69) is 33.0 Å². The van der Waals surface area contributed by atoms with E-state index in [1.165, 1.54) is 11.8 Å². The Bertz CT molecular complexity index is 761. The van der Waals surface area contributed by atoms with Crippen molar-refractivity contribution in [3.63, 3.8) is 0 Å². The van der Waals surface area contributed by atoms with Crippen LogP contribution in [0.3, 0.4) is 0 Å². The Balaban J connectivity index is 1.71. The predicted octanol–water partition coefficient (Wildman–Crippen LogP) is 4.72. The first-order valence-corrected chi connectivity index (χ1v) is 9.94. The number of amides is 1. The second-order valence-electron chi connectivity index (χ2n) is 7.07. The van der Waals surface area contributed by atoms with E-state index in [1.54, 1.807) is 16.2 Å². The van der Waals surface area contributed by atoms with Crippen LogP contribution in [0.5, 0.6) is 5.75 Å². The summed E-state index contributed by atoms with van der Waals surface area (Å²) in [6, 6.07) is 0. The van der Waals surface area contributed by atoms with Crippen LogP contribution in [-0.2, 0) is 4.74 Å². The second-order valence-corrected chi connectivity index (χ2v) is 9.03. The van der Waals surface area contributed by atoms with Crippen molar-refractivity contribution in [1.82, 2.24) is 9.88 Å². The van der Waals surface area contributed by atoms with Crippen LogP contribution in [0.15, 0.2) is 11.6 Å². The lowest BCUT2D eigenvalue weighted by Crippen LogP contribution is -2.41. The third-order valence-electron chi connectivity index (χ3n) is 4.12. The average Bonchev–Trinajstić information content (AvgIpc) is 2.94. The molecule has 0 aromatic carbocycles. The van der Waals surface area contributed by atoms with Gasteiger partial charge in [-0.1, -0.05) is 0 Å². The molecule has 130 valence electrons. The van der Waals surface area contributed by atoms with Gasteiger partial charge in [0.2, 0.25) is 0 Å². The zero-order valence-corrected chi connectivity index (χ0v) is 17.0. The number of ether oxygens (including phenoxy) is 1. The molecule has 3 heterocycles. The minimum atomic E-state index is -0.458. The van der Waals surface area contributed by atoms with Crippen LogP contribution in [0.1, 0.15) is 45.1 Å². The highest BCUT2D eigenvalue weighted by Crippen LogP contribution is 2.39. The highest BCUT2D eigenvalue weighted by molar-refractivity contribution is 14.1. The van der Waals surface area contributed by atoms with E-state index < -0.39 is 5.60 Å². The number of hydrogen-bond acceptors (Lipinski definition) is 5. The summed E-state index contributed by atoms with van der Waals surface area (Å²) in [6.45, 7) is 7.06. The number of rotatable bonds is 1. The molecule has 1 fully saturated rings. The van der Waals surface area contributed by atoms with Crippen molar-refractivity contribution in [1.29, 1.82) is 0 Å². The molecule has 0 spiro atoms. The molecule has 3 rings (SSSR count). The van der Waals surface area contributed by atoms with Gasteiger partial charge in [0.25, 0.3) is 0 Å². The highest BCUT2D eigenvalue weighted by Gasteiger charge is 2.29. The molecule has 0 aliphatic carbocycles. The molecule has 1 aliphatic rings. The Kier molecular flexibility index (Phi) is 4.92. The molecular formula is C17H21IN2O3S. The molecule has 0 bridgehead atoms. The normalized spacial score (nSPS) is 16.6. The number of likely N-dealkylation sites (tertiary alicyclic amines) is 1. The van der Waals surface area contributed by atoms with Crippen LogP contribution in [-0.4, -0.2) is 39.8 Å². The summed E-state index contributed by atoms with van der Waals surface area (Å²) in [7, 11) is 0. The molecule has 0 saturated carbocycles. The molecule has 0 radical (unpaired) electrons. The number of pyridine rings is 1. The van der Waals surface area contributed by atoms with Crippen LogP contribution >= 0.6 is 33.9 Å². The summed E-state index contributed by atoms with van der Waals surface area (Å²) in [6.07, 6.45) is 3.11. The number of aromatic hydroxyl groups is 1. The van der Waals surface area contributed by atoms with Crippen molar-refractivity contribution in [3.8, 4) is 5.75 Å². The summed E-state index contributed by atoms with van der Waals surface area (Å²) in [5, 5.41) is 12.0. The van der Waals surface area contributed by atoms with Crippen LogP contribution < -0.4 is 0 Å². The van der Waals surface area contributed by atoms with Crippen LogP contribution in [0.25, 0.3) is 10.2 Å². The first-order chi connectivity index (χ1) is 11.3. The van der Waals surface area contributed by atoms with Gasteiger partial charge in [0, 0.05) is 13.1 Å². The predicted molar refractivity (Wildman–Crippen MR) is 104 cm³/mol. The Hall–Kier alpha value is -1.09. The number of hydrogen-bond donors (Lipinski definition) is 1. The zero-order chi connectivity index (χ0) is 17.5. The Morgan fingerprint density at radius 2 is 2.08 bits per heavy atom. The SMILES string of the molecule is CC(C)(C)OC(=O)N1CCC(c2csc3c(I)c(O)cnc23)CC1. The number of fused-ring (bicyclic) bond motifs is 1. The van der Waals surface area contributed by atoms with Gasteiger partial charge in [0.1, 0.15) is 11.4 Å². The largest absolute Gasteiger partial charge is 0.505 e. The number of piperidine rings is 1. The van der Waals surface area contributed by atoms with Crippen molar-refractivity contribution in [2.24, 2.45) is 0 Å². The molecule has 1 saturated heterocycles. The summed E-state index contributed by atoms with van der Waals surface area (Å²) in [4.78, 5) is 18.4. The van der Waals surface area contributed by atoms with Crippen LogP contribution in [0.4, 0.5) is 4.79 Å². The fourth-order valence-corrected chi connectivity index (χ4v) is 4.76. The van der Waals surface area contributed by atoms with E-state index in [4.69, 9.17) is 4.74 Å². The maximum atomic E-state index is 12.2. The third kappa shape index (κ3) is 3.61. The lowest BCUT2D eigenvalue weighted by Gasteiger charge is -2.33. The van der Waals surface area contributed by atoms with Crippen LogP contribution in [0, 0.1) is 3.57 Å². The molecule has 1 aliphatic heterocycles. The quantitative estimate of drug-likeness (QED) is 0.626. The summed E-state index contributed by atoms with van der Waals surface area (Å²) in [5.74, 6) is 0.626. The fraction of sp³-hybridized carbons (Fsp3) is 0.529. The Labute approximate surface area is 159 Å². The molecule has 24 heavy (non-hydrogen) atoms. The number of aromatic nitrogens is 1. The van der Waals surface area contributed by atoms with Crippen molar-refractivity contribution < 1.29 is 14.6 Å². The van der Waals surface area contributed by atoms with Crippen LogP contribution in [0.2, 0.25) is 0 Å². The summed E-state index contributed by atoms with van der Waals surface area (Å²) >= 11 is 3.79. The fourth-order valence-electron chi connectivity index (χ4n) is 2.94. The van der Waals surface area contributed by atoms with E-state index in [-0.39, 0.29) is 11.8 Å². The van der Waals surface area contributed by atoms with Gasteiger partial charge >= 0.3 is 6.09 Å². The van der Waals surface area contributed by atoms with E-state index in [0.717, 1.165) is 26.6 Å². The molecule has 2 aromatic rings. The van der Waals surface area contributed by atoms with Gasteiger partial charge in [-0.05, 0) is 73.1 Å². The molecule has 2 aromatic heterocycles. The lowest BCUT2D eigenvalue weighted by molar-refractivity contribution is 0.0205. The number of nitrogens with zero attached hydrogens (tertiary/aromatic N) is 2. The zero-order valence-electron chi connectivity index (χ0n) is 14.0. The number of carbonyl (C=O) groups excluding carboxylic acids is 1. The van der Waals surface area contributed by atoms with E-state index >= 15 is 0 Å². The van der Waals surface area contributed by atoms with Gasteiger partial charge in [0.15, 0.2) is 0 Å². The van der Waals surface area contributed by atoms with Gasteiger partial charge in [-0.15, -0.1) is 11.3 Å². The van der Waals surface area contributed by atoms with Gasteiger partial charge in [0.05, 0.1) is 20.0 Å². The minimum Gasteiger partial charge on any atom is -0.505 e. The first kappa shape index (κ1) is 17.7. The van der Waals surface area contributed by atoms with E-state index in [1.807, 2.05) is 20.8 Å². The van der Waals surface area contributed by atoms with Gasteiger partial charge in [-0.3, -0.25) is 4.98 Å².